The number of nitrogens with one attached hydrogen (secondary N) is 2. The van der Waals surface area contributed by atoms with Gasteiger partial charge in [-0.15, -0.1) is 0 Å². The van der Waals surface area contributed by atoms with Crippen LogP contribution in [0.5, 0.6) is 0 Å². The Hall–Kier alpha value is -1.93. The average Bonchev–Trinajstić information content (AvgIpc) is 3.28. The molecule has 0 aromatic carbocycles. The molecule has 0 unspecified atom stereocenters. The van der Waals surface area contributed by atoms with Crippen molar-refractivity contribution in [2.45, 2.75) is 115 Å². The second-order valence-corrected chi connectivity index (χ2v) is 12.4. The zero-order chi connectivity index (χ0) is 26.9. The first-order chi connectivity index (χ1) is 19.2. The molecule has 2 atom stereocenters. The lowest BCUT2D eigenvalue weighted by Crippen LogP contribution is -2.56. The Bertz CT molecular complexity index is 882. The summed E-state index contributed by atoms with van der Waals surface area (Å²) >= 11 is 0. The van der Waals surface area contributed by atoms with Crippen molar-refractivity contribution in [3.8, 4) is 0 Å². The van der Waals surface area contributed by atoms with E-state index in [1.165, 1.54) is 70.8 Å². The van der Waals surface area contributed by atoms with Crippen LogP contribution in [0.25, 0.3) is 0 Å². The molecule has 1 aromatic rings. The molecule has 2 N–H and O–H groups in total. The van der Waals surface area contributed by atoms with Gasteiger partial charge in [0.15, 0.2) is 0 Å². The van der Waals surface area contributed by atoms with Crippen LogP contribution in [0.3, 0.4) is 0 Å². The number of aromatic nitrogens is 2. The SMILES string of the molecule is CCN1CCC(C(=O)NCC[C@@H]2[C@@H](Nc3nccc(N4CCCCCC4)n3)CCCN2C2CCCCC2)CC1.[HH]. The Kier molecular flexibility index (Phi) is 10.7. The number of hydrogen-bond acceptors (Lipinski definition) is 7. The van der Waals surface area contributed by atoms with Crippen LogP contribution in [-0.4, -0.2) is 89.6 Å². The van der Waals surface area contributed by atoms with E-state index in [1.807, 2.05) is 6.20 Å². The van der Waals surface area contributed by atoms with Gasteiger partial charge in [-0.1, -0.05) is 39.0 Å². The minimum absolute atomic E-state index is 0. The lowest BCUT2D eigenvalue weighted by atomic mass is 9.87. The highest BCUT2D eigenvalue weighted by Gasteiger charge is 2.36. The molecule has 8 nitrogen and oxygen atoms in total. The number of carbonyl (C=O) groups excluding carboxylic acids is 1. The summed E-state index contributed by atoms with van der Waals surface area (Å²) in [4.78, 5) is 30.4. The van der Waals surface area contributed by atoms with E-state index in [-0.39, 0.29) is 13.3 Å². The van der Waals surface area contributed by atoms with Gasteiger partial charge in [-0.05, 0) is 90.0 Å². The Morgan fingerprint density at radius 1 is 0.923 bits per heavy atom. The van der Waals surface area contributed by atoms with Gasteiger partial charge < -0.3 is 20.4 Å². The van der Waals surface area contributed by atoms with E-state index in [4.69, 9.17) is 4.98 Å². The molecule has 5 rings (SSSR count). The summed E-state index contributed by atoms with van der Waals surface area (Å²) < 4.78 is 0. The molecule has 3 aliphatic heterocycles. The number of rotatable bonds is 9. The van der Waals surface area contributed by atoms with Gasteiger partial charge in [-0.3, -0.25) is 9.69 Å². The fourth-order valence-electron chi connectivity index (χ4n) is 7.54. The van der Waals surface area contributed by atoms with Crippen LogP contribution in [0.1, 0.15) is 98.2 Å². The fourth-order valence-corrected chi connectivity index (χ4v) is 7.54. The van der Waals surface area contributed by atoms with Gasteiger partial charge in [-0.25, -0.2) is 4.98 Å². The summed E-state index contributed by atoms with van der Waals surface area (Å²) in [5.41, 5.74) is 0. The van der Waals surface area contributed by atoms with Gasteiger partial charge in [0.2, 0.25) is 11.9 Å². The topological polar surface area (TPSA) is 76.6 Å². The molecule has 8 heteroatoms. The molecule has 220 valence electrons. The number of amides is 1. The molecule has 4 heterocycles. The molecule has 0 bridgehead atoms. The van der Waals surface area contributed by atoms with Gasteiger partial charge in [0.05, 0.1) is 0 Å². The smallest absolute Gasteiger partial charge is 0.224 e. The summed E-state index contributed by atoms with van der Waals surface area (Å²) in [7, 11) is 0. The van der Waals surface area contributed by atoms with Gasteiger partial charge in [0, 0.05) is 51.3 Å². The minimum atomic E-state index is 0. The van der Waals surface area contributed by atoms with Crippen molar-refractivity contribution in [3.63, 3.8) is 0 Å². The third kappa shape index (κ3) is 7.84. The van der Waals surface area contributed by atoms with Crippen LogP contribution < -0.4 is 15.5 Å². The van der Waals surface area contributed by atoms with E-state index in [1.54, 1.807) is 0 Å². The zero-order valence-corrected chi connectivity index (χ0v) is 24.5. The van der Waals surface area contributed by atoms with E-state index in [9.17, 15) is 4.79 Å². The fraction of sp³-hybridized carbons (Fsp3) is 0.839. The minimum Gasteiger partial charge on any atom is -0.356 e. The largest absolute Gasteiger partial charge is 0.356 e. The highest BCUT2D eigenvalue weighted by atomic mass is 16.1. The summed E-state index contributed by atoms with van der Waals surface area (Å²) in [6.45, 7) is 9.52. The second-order valence-electron chi connectivity index (χ2n) is 12.4. The lowest BCUT2D eigenvalue weighted by molar-refractivity contribution is -0.126. The Morgan fingerprint density at radius 2 is 1.67 bits per heavy atom. The van der Waals surface area contributed by atoms with Crippen molar-refractivity contribution in [2.75, 3.05) is 56.0 Å². The molecule has 39 heavy (non-hydrogen) atoms. The molecule has 1 amide bonds. The molecule has 0 radical (unpaired) electrons. The first kappa shape index (κ1) is 28.6. The average molecular weight is 542 g/mol. The molecule has 4 fully saturated rings. The molecule has 1 saturated carbocycles. The van der Waals surface area contributed by atoms with Gasteiger partial charge in [-0.2, -0.15) is 4.98 Å². The van der Waals surface area contributed by atoms with Crippen LogP contribution in [0, 0.1) is 5.92 Å². The maximum atomic E-state index is 13.0. The van der Waals surface area contributed by atoms with Crippen molar-refractivity contribution in [1.82, 2.24) is 25.1 Å². The monoisotopic (exact) mass is 541 g/mol. The Labute approximate surface area is 238 Å². The molecule has 0 spiro atoms. The Balaban J connectivity index is 0.00000370. The van der Waals surface area contributed by atoms with Gasteiger partial charge in [0.25, 0.3) is 0 Å². The number of carbonyl (C=O) groups is 1. The molecule has 3 saturated heterocycles. The first-order valence-corrected chi connectivity index (χ1v) is 16.3. The van der Waals surface area contributed by atoms with Crippen molar-refractivity contribution in [2.24, 2.45) is 5.92 Å². The number of nitrogens with zero attached hydrogens (tertiary/aromatic N) is 5. The van der Waals surface area contributed by atoms with E-state index in [2.05, 4.69) is 43.3 Å². The number of piperidine rings is 2. The first-order valence-electron chi connectivity index (χ1n) is 16.3. The lowest BCUT2D eigenvalue weighted by Gasteiger charge is -2.47. The third-order valence-electron chi connectivity index (χ3n) is 9.90. The summed E-state index contributed by atoms with van der Waals surface area (Å²) in [5, 5.41) is 7.15. The van der Waals surface area contributed by atoms with E-state index < -0.39 is 0 Å². The maximum absolute atomic E-state index is 13.0. The molecule has 1 aliphatic carbocycles. The van der Waals surface area contributed by atoms with E-state index in [0.717, 1.165) is 76.7 Å². The predicted octanol–water partition coefficient (Wildman–Crippen LogP) is 4.92. The summed E-state index contributed by atoms with van der Waals surface area (Å²) in [6, 6.07) is 3.45. The van der Waals surface area contributed by atoms with E-state index in [0.29, 0.717) is 18.1 Å². The predicted molar refractivity (Wildman–Crippen MR) is 161 cm³/mol. The number of hydrogen-bond donors (Lipinski definition) is 2. The third-order valence-corrected chi connectivity index (χ3v) is 9.90. The van der Waals surface area contributed by atoms with Crippen molar-refractivity contribution in [3.05, 3.63) is 12.3 Å². The van der Waals surface area contributed by atoms with Gasteiger partial charge in [0.1, 0.15) is 5.82 Å². The van der Waals surface area contributed by atoms with Crippen LogP contribution in [0.2, 0.25) is 0 Å². The zero-order valence-electron chi connectivity index (χ0n) is 24.5. The maximum Gasteiger partial charge on any atom is 0.224 e. The van der Waals surface area contributed by atoms with Crippen molar-refractivity contribution in [1.29, 1.82) is 0 Å². The highest BCUT2D eigenvalue weighted by molar-refractivity contribution is 5.78. The standard InChI is InChI=1S/C31H53N7O.H2/c1-2-36-23-16-25(17-24-36)30(39)32-18-14-28-27(13-10-22-38(28)26-11-6-5-7-12-26)34-31-33-19-15-29(35-31)37-20-8-3-4-9-21-37;/h15,19,25-28H,2-14,16-18,20-24H2,1H3,(H,32,39)(H,33,34,35);1H/t27-,28+;/m0./s1. The normalized spacial score (nSPS) is 26.7. The van der Waals surface area contributed by atoms with Crippen molar-refractivity contribution >= 4 is 17.7 Å². The molecular formula is C31H55N7O. The summed E-state index contributed by atoms with van der Waals surface area (Å²) in [5.74, 6) is 2.28. The van der Waals surface area contributed by atoms with Crippen LogP contribution in [-0.2, 0) is 4.79 Å². The summed E-state index contributed by atoms with van der Waals surface area (Å²) in [6.07, 6.45) is 19.1. The molecular weight excluding hydrogens is 486 g/mol. The van der Waals surface area contributed by atoms with Gasteiger partial charge >= 0.3 is 0 Å². The van der Waals surface area contributed by atoms with Crippen LogP contribution in [0.15, 0.2) is 12.3 Å². The van der Waals surface area contributed by atoms with E-state index >= 15 is 0 Å². The molecule has 1 aromatic heterocycles. The quantitative estimate of drug-likeness (QED) is 0.460. The highest BCUT2D eigenvalue weighted by Crippen LogP contribution is 2.31. The number of anilines is 2. The number of likely N-dealkylation sites (tertiary alicyclic amines) is 2. The van der Waals surface area contributed by atoms with Crippen LogP contribution >= 0.6 is 0 Å². The van der Waals surface area contributed by atoms with Crippen molar-refractivity contribution < 1.29 is 6.22 Å². The molecule has 4 aliphatic rings. The Morgan fingerprint density at radius 3 is 2.41 bits per heavy atom. The van der Waals surface area contributed by atoms with Crippen LogP contribution in [0.4, 0.5) is 11.8 Å². The second kappa shape index (κ2) is 14.6.